The van der Waals surface area contributed by atoms with E-state index < -0.39 is 0 Å². The molecule has 2 heterocycles. The van der Waals surface area contributed by atoms with Gasteiger partial charge in [-0.2, -0.15) is 10.2 Å². The smallest absolute Gasteiger partial charge is 0.272 e. The van der Waals surface area contributed by atoms with Crippen LogP contribution in [0.4, 0.5) is 0 Å². The second kappa shape index (κ2) is 9.09. The number of nitrogens with zero attached hydrogens (tertiary/aromatic N) is 4. The van der Waals surface area contributed by atoms with E-state index in [4.69, 9.17) is 4.74 Å². The number of rotatable bonds is 8. The summed E-state index contributed by atoms with van der Waals surface area (Å²) in [5, 5.41) is 11.5. The number of ether oxygens (including phenoxy) is 1. The maximum Gasteiger partial charge on any atom is 0.272 e. The molecule has 2 aromatic carbocycles. The van der Waals surface area contributed by atoms with Gasteiger partial charge in [0.05, 0.1) is 12.2 Å². The summed E-state index contributed by atoms with van der Waals surface area (Å²) >= 11 is 0. The van der Waals surface area contributed by atoms with Crippen LogP contribution in [0.25, 0.3) is 11.1 Å². The Labute approximate surface area is 174 Å². The van der Waals surface area contributed by atoms with Crippen molar-refractivity contribution in [2.45, 2.75) is 26.7 Å². The van der Waals surface area contributed by atoms with Gasteiger partial charge >= 0.3 is 0 Å². The molecule has 7 heteroatoms. The molecule has 0 aliphatic heterocycles. The minimum Gasteiger partial charge on any atom is -0.471 e. The molecule has 0 saturated carbocycles. The molecule has 1 N–H and O–H groups in total. The van der Waals surface area contributed by atoms with Gasteiger partial charge in [-0.15, -0.1) is 0 Å². The maximum absolute atomic E-state index is 12.3. The van der Waals surface area contributed by atoms with Crippen molar-refractivity contribution >= 4 is 5.91 Å². The van der Waals surface area contributed by atoms with Crippen molar-refractivity contribution in [3.8, 4) is 16.9 Å². The Hall–Kier alpha value is -3.87. The van der Waals surface area contributed by atoms with Crippen molar-refractivity contribution in [1.29, 1.82) is 0 Å². The molecule has 4 aromatic rings. The Morgan fingerprint density at radius 1 is 0.900 bits per heavy atom. The number of hydrogen-bond donors (Lipinski definition) is 1. The molecule has 4 rings (SSSR count). The molecule has 0 atom stereocenters. The average molecular weight is 401 g/mol. The number of aryl methyl sites for hydroxylation is 1. The first-order chi connectivity index (χ1) is 14.7. The molecule has 1 amide bonds. The van der Waals surface area contributed by atoms with Gasteiger partial charge in [-0.25, -0.2) is 4.68 Å². The molecule has 0 aliphatic rings. The summed E-state index contributed by atoms with van der Waals surface area (Å²) < 4.78 is 9.18. The highest BCUT2D eigenvalue weighted by Crippen LogP contribution is 2.22. The molecule has 0 unspecified atom stereocenters. The van der Waals surface area contributed by atoms with Gasteiger partial charge in [-0.05, 0) is 42.3 Å². The van der Waals surface area contributed by atoms with Gasteiger partial charge in [0.15, 0.2) is 6.73 Å². The summed E-state index contributed by atoms with van der Waals surface area (Å²) in [6, 6.07) is 21.6. The Kier molecular flexibility index (Phi) is 5.89. The van der Waals surface area contributed by atoms with Gasteiger partial charge in [0, 0.05) is 18.9 Å². The van der Waals surface area contributed by atoms with E-state index in [1.54, 1.807) is 16.9 Å². The van der Waals surface area contributed by atoms with Gasteiger partial charge < -0.3 is 10.1 Å². The van der Waals surface area contributed by atoms with E-state index in [0.29, 0.717) is 12.2 Å². The Balaban J connectivity index is 1.29. The lowest BCUT2D eigenvalue weighted by Gasteiger charge is -2.07. The average Bonchev–Trinajstić information content (AvgIpc) is 3.47. The van der Waals surface area contributed by atoms with E-state index in [0.717, 1.165) is 29.1 Å². The number of carbonyl (C=O) groups is 1. The van der Waals surface area contributed by atoms with Crippen molar-refractivity contribution < 1.29 is 9.53 Å². The molecule has 0 radical (unpaired) electrons. The molecule has 0 bridgehead atoms. The minimum absolute atomic E-state index is 0.221. The van der Waals surface area contributed by atoms with Crippen LogP contribution in [0, 0.1) is 0 Å². The standard InChI is InChI=1S/C23H23N5O2/c1-2-27-14-12-20(25-27)16-24-23(29)22-13-15-28(26-22)17-30-21-10-8-19(9-11-21)18-6-4-3-5-7-18/h3-15H,2,16-17H2,1H3,(H,24,29). The third-order valence-electron chi connectivity index (χ3n) is 4.65. The van der Waals surface area contributed by atoms with E-state index in [2.05, 4.69) is 27.6 Å². The van der Waals surface area contributed by atoms with Crippen LogP contribution in [0.2, 0.25) is 0 Å². The molecule has 0 aliphatic carbocycles. The fourth-order valence-electron chi connectivity index (χ4n) is 3.01. The summed E-state index contributed by atoms with van der Waals surface area (Å²) in [6.07, 6.45) is 3.61. The van der Waals surface area contributed by atoms with Crippen LogP contribution in [0.5, 0.6) is 5.75 Å². The lowest BCUT2D eigenvalue weighted by atomic mass is 10.1. The molecule has 30 heavy (non-hydrogen) atoms. The zero-order valence-electron chi connectivity index (χ0n) is 16.7. The van der Waals surface area contributed by atoms with Crippen LogP contribution >= 0.6 is 0 Å². The summed E-state index contributed by atoms with van der Waals surface area (Å²) in [5.41, 5.74) is 3.44. The Bertz CT molecular complexity index is 1100. The topological polar surface area (TPSA) is 74.0 Å². The second-order valence-electron chi connectivity index (χ2n) is 6.75. The summed E-state index contributed by atoms with van der Waals surface area (Å²) in [7, 11) is 0. The highest BCUT2D eigenvalue weighted by atomic mass is 16.5. The number of benzene rings is 2. The van der Waals surface area contributed by atoms with E-state index >= 15 is 0 Å². The zero-order valence-corrected chi connectivity index (χ0v) is 16.7. The first kappa shape index (κ1) is 19.4. The number of amides is 1. The van der Waals surface area contributed by atoms with Gasteiger partial charge in [0.1, 0.15) is 11.4 Å². The first-order valence-corrected chi connectivity index (χ1v) is 9.83. The van der Waals surface area contributed by atoms with Crippen molar-refractivity contribution in [1.82, 2.24) is 24.9 Å². The van der Waals surface area contributed by atoms with E-state index in [9.17, 15) is 4.79 Å². The molecule has 152 valence electrons. The highest BCUT2D eigenvalue weighted by molar-refractivity contribution is 5.92. The van der Waals surface area contributed by atoms with Crippen molar-refractivity contribution in [3.63, 3.8) is 0 Å². The van der Waals surface area contributed by atoms with E-state index in [1.807, 2.05) is 66.3 Å². The zero-order chi connectivity index (χ0) is 20.8. The fraction of sp³-hybridized carbons (Fsp3) is 0.174. The first-order valence-electron chi connectivity index (χ1n) is 9.83. The van der Waals surface area contributed by atoms with Crippen LogP contribution in [0.3, 0.4) is 0 Å². The maximum atomic E-state index is 12.3. The highest BCUT2D eigenvalue weighted by Gasteiger charge is 2.10. The number of hydrogen-bond acceptors (Lipinski definition) is 4. The largest absolute Gasteiger partial charge is 0.471 e. The monoisotopic (exact) mass is 401 g/mol. The third-order valence-corrected chi connectivity index (χ3v) is 4.65. The second-order valence-corrected chi connectivity index (χ2v) is 6.75. The SMILES string of the molecule is CCn1ccc(CNC(=O)c2ccn(COc3ccc(-c4ccccc4)cc3)n2)n1. The lowest BCUT2D eigenvalue weighted by Crippen LogP contribution is -2.24. The number of carbonyl (C=O) groups excluding carboxylic acids is 1. The summed E-state index contributed by atoms with van der Waals surface area (Å²) in [4.78, 5) is 12.3. The molecule has 0 spiro atoms. The molecule has 0 saturated heterocycles. The van der Waals surface area contributed by atoms with Gasteiger partial charge in [-0.1, -0.05) is 42.5 Å². The molecule has 7 nitrogen and oxygen atoms in total. The predicted octanol–water partition coefficient (Wildman–Crippen LogP) is 3.73. The third kappa shape index (κ3) is 4.75. The lowest BCUT2D eigenvalue weighted by molar-refractivity contribution is 0.0943. The van der Waals surface area contributed by atoms with Crippen LogP contribution in [0.1, 0.15) is 23.1 Å². The van der Waals surface area contributed by atoms with Crippen LogP contribution in [-0.2, 0) is 19.8 Å². The van der Waals surface area contributed by atoms with Crippen LogP contribution < -0.4 is 10.1 Å². The normalized spacial score (nSPS) is 10.7. The summed E-state index contributed by atoms with van der Waals surface area (Å²) in [5.74, 6) is 0.495. The Morgan fingerprint density at radius 3 is 2.37 bits per heavy atom. The fourth-order valence-corrected chi connectivity index (χ4v) is 3.01. The summed E-state index contributed by atoms with van der Waals surface area (Å²) in [6.45, 7) is 3.40. The van der Waals surface area contributed by atoms with Crippen LogP contribution in [-0.4, -0.2) is 25.5 Å². The van der Waals surface area contributed by atoms with Crippen LogP contribution in [0.15, 0.2) is 79.1 Å². The van der Waals surface area contributed by atoms with E-state index in [1.165, 1.54) is 0 Å². The molecular formula is C23H23N5O2. The minimum atomic E-state index is -0.244. The quantitative estimate of drug-likeness (QED) is 0.488. The Morgan fingerprint density at radius 2 is 1.63 bits per heavy atom. The molecular weight excluding hydrogens is 378 g/mol. The van der Waals surface area contributed by atoms with Gasteiger partial charge in [0.2, 0.25) is 0 Å². The van der Waals surface area contributed by atoms with Crippen molar-refractivity contribution in [3.05, 3.63) is 90.5 Å². The molecule has 2 aromatic heterocycles. The van der Waals surface area contributed by atoms with E-state index in [-0.39, 0.29) is 12.6 Å². The van der Waals surface area contributed by atoms with Gasteiger partial charge in [0.25, 0.3) is 5.91 Å². The van der Waals surface area contributed by atoms with Crippen molar-refractivity contribution in [2.24, 2.45) is 0 Å². The number of aromatic nitrogens is 4. The molecule has 0 fully saturated rings. The predicted molar refractivity (Wildman–Crippen MR) is 114 cm³/mol. The van der Waals surface area contributed by atoms with Crippen molar-refractivity contribution in [2.75, 3.05) is 0 Å². The number of nitrogens with one attached hydrogen (secondary N) is 1. The van der Waals surface area contributed by atoms with Gasteiger partial charge in [-0.3, -0.25) is 9.48 Å².